The third-order valence-electron chi connectivity index (χ3n) is 2.16. The molecule has 0 aliphatic heterocycles. The Kier molecular flexibility index (Phi) is 11.9. The molecule has 0 rings (SSSR count). The molecule has 0 aromatic heterocycles. The van der Waals surface area contributed by atoms with Crippen LogP contribution in [0.25, 0.3) is 0 Å². The molecule has 9 heteroatoms. The van der Waals surface area contributed by atoms with Crippen LogP contribution in [0.4, 0.5) is 4.79 Å². The van der Waals surface area contributed by atoms with Crippen LogP contribution in [0.5, 0.6) is 0 Å². The quantitative estimate of drug-likeness (QED) is 0.336. The molecular formula is C13H20O8S. The number of ether oxygens (including phenoxy) is 4. The minimum atomic E-state index is -0.589. The normalized spacial score (nSPS) is 9.73. The average molecular weight is 336 g/mol. The highest BCUT2D eigenvalue weighted by Gasteiger charge is 2.08. The van der Waals surface area contributed by atoms with Gasteiger partial charge in [-0.2, -0.15) is 0 Å². The second kappa shape index (κ2) is 12.9. The van der Waals surface area contributed by atoms with Crippen molar-refractivity contribution in [3.63, 3.8) is 0 Å². The Bertz CT molecular complexity index is 346. The highest BCUT2D eigenvalue weighted by Crippen LogP contribution is 2.09. The van der Waals surface area contributed by atoms with Crippen LogP contribution in [-0.4, -0.2) is 42.5 Å². The summed E-state index contributed by atoms with van der Waals surface area (Å²) in [4.78, 5) is 44.0. The number of hydrogen-bond donors (Lipinski definition) is 0. The van der Waals surface area contributed by atoms with Crippen molar-refractivity contribution in [1.82, 2.24) is 0 Å². The monoisotopic (exact) mass is 336 g/mol. The van der Waals surface area contributed by atoms with Crippen LogP contribution in [-0.2, 0) is 33.3 Å². The number of carbonyl (C=O) groups is 4. The van der Waals surface area contributed by atoms with E-state index >= 15 is 0 Å². The van der Waals surface area contributed by atoms with E-state index in [0.717, 1.165) is 11.8 Å². The van der Waals surface area contributed by atoms with Gasteiger partial charge in [-0.15, -0.1) is 0 Å². The van der Waals surface area contributed by atoms with E-state index < -0.39 is 36.8 Å². The third-order valence-corrected chi connectivity index (χ3v) is 3.01. The fourth-order valence-corrected chi connectivity index (χ4v) is 1.58. The Morgan fingerprint density at radius 1 is 0.773 bits per heavy atom. The number of esters is 3. The Morgan fingerprint density at radius 3 is 1.82 bits per heavy atom. The van der Waals surface area contributed by atoms with Crippen molar-refractivity contribution in [3.05, 3.63) is 0 Å². The summed E-state index contributed by atoms with van der Waals surface area (Å²) in [6.07, 6.45) is 0.911. The maximum atomic E-state index is 11.2. The standard InChI is InChI=1S/C13H20O8S/c1-3-10(14)18-8-20-12(16)6-5-7-22-13(17)21-9-19-11(15)4-2/h3-9H2,1-2H3. The molecule has 0 aromatic rings. The van der Waals surface area contributed by atoms with Crippen molar-refractivity contribution in [3.8, 4) is 0 Å². The van der Waals surface area contributed by atoms with E-state index in [1.165, 1.54) is 0 Å². The van der Waals surface area contributed by atoms with Gasteiger partial charge in [0.1, 0.15) is 0 Å². The molecule has 0 fully saturated rings. The fourth-order valence-electron chi connectivity index (χ4n) is 0.994. The molecule has 0 heterocycles. The molecule has 0 spiro atoms. The third kappa shape index (κ3) is 12.0. The second-order valence-corrected chi connectivity index (χ2v) is 4.87. The minimum absolute atomic E-state index is 0.0920. The summed E-state index contributed by atoms with van der Waals surface area (Å²) in [6, 6.07) is 0. The highest BCUT2D eigenvalue weighted by molar-refractivity contribution is 8.13. The molecule has 0 atom stereocenters. The first-order valence-electron chi connectivity index (χ1n) is 6.76. The minimum Gasteiger partial charge on any atom is -0.428 e. The van der Waals surface area contributed by atoms with Gasteiger partial charge in [0.15, 0.2) is 0 Å². The number of hydrogen-bond acceptors (Lipinski definition) is 9. The first kappa shape index (κ1) is 20.2. The van der Waals surface area contributed by atoms with Crippen molar-refractivity contribution >= 4 is 35.0 Å². The lowest BCUT2D eigenvalue weighted by molar-refractivity contribution is -0.167. The molecule has 0 unspecified atom stereocenters. The van der Waals surface area contributed by atoms with Gasteiger partial charge in [0, 0.05) is 25.0 Å². The smallest absolute Gasteiger partial charge is 0.370 e. The molecule has 0 aliphatic carbocycles. The van der Waals surface area contributed by atoms with Gasteiger partial charge >= 0.3 is 23.2 Å². The van der Waals surface area contributed by atoms with Crippen LogP contribution in [0, 0.1) is 0 Å². The van der Waals surface area contributed by atoms with Gasteiger partial charge in [0.2, 0.25) is 13.6 Å². The number of carbonyl (C=O) groups excluding carboxylic acids is 4. The van der Waals surface area contributed by atoms with Crippen molar-refractivity contribution in [2.75, 3.05) is 19.3 Å². The predicted molar refractivity (Wildman–Crippen MR) is 76.8 cm³/mol. The molecule has 0 N–H and O–H groups in total. The Balaban J connectivity index is 3.50. The van der Waals surface area contributed by atoms with Gasteiger partial charge < -0.3 is 18.9 Å². The van der Waals surface area contributed by atoms with E-state index in [1.807, 2.05) is 0 Å². The Labute approximate surface area is 132 Å². The topological polar surface area (TPSA) is 105 Å². The van der Waals surface area contributed by atoms with Crippen molar-refractivity contribution < 1.29 is 38.1 Å². The average Bonchev–Trinajstić information content (AvgIpc) is 2.51. The first-order valence-corrected chi connectivity index (χ1v) is 7.74. The molecule has 8 nitrogen and oxygen atoms in total. The molecule has 0 aromatic carbocycles. The highest BCUT2D eigenvalue weighted by atomic mass is 32.2. The van der Waals surface area contributed by atoms with E-state index in [4.69, 9.17) is 0 Å². The van der Waals surface area contributed by atoms with Crippen LogP contribution in [0.3, 0.4) is 0 Å². The zero-order valence-corrected chi connectivity index (χ0v) is 13.4. The molecule has 0 saturated heterocycles. The molecular weight excluding hydrogens is 316 g/mol. The van der Waals surface area contributed by atoms with E-state index in [9.17, 15) is 19.2 Å². The molecule has 126 valence electrons. The van der Waals surface area contributed by atoms with E-state index in [-0.39, 0.29) is 19.3 Å². The van der Waals surface area contributed by atoms with Crippen LogP contribution < -0.4 is 0 Å². The summed E-state index contributed by atoms with van der Waals surface area (Å²) in [6.45, 7) is 2.44. The molecule has 0 bridgehead atoms. The van der Waals surface area contributed by atoms with Gasteiger partial charge in [0.05, 0.1) is 0 Å². The molecule has 0 radical (unpaired) electrons. The van der Waals surface area contributed by atoms with E-state index in [1.54, 1.807) is 13.8 Å². The predicted octanol–water partition coefficient (Wildman–Crippen LogP) is 2.00. The summed E-state index contributed by atoms with van der Waals surface area (Å²) in [5.74, 6) is -1.07. The van der Waals surface area contributed by atoms with Crippen molar-refractivity contribution in [2.24, 2.45) is 0 Å². The van der Waals surface area contributed by atoms with Gasteiger partial charge in [-0.05, 0) is 18.2 Å². The van der Waals surface area contributed by atoms with Crippen molar-refractivity contribution in [2.45, 2.75) is 39.5 Å². The van der Waals surface area contributed by atoms with E-state index in [2.05, 4.69) is 18.9 Å². The lowest BCUT2D eigenvalue weighted by atomic mass is 10.3. The van der Waals surface area contributed by atoms with Crippen LogP contribution in [0.1, 0.15) is 39.5 Å². The second-order valence-electron chi connectivity index (χ2n) is 3.84. The van der Waals surface area contributed by atoms with E-state index in [0.29, 0.717) is 12.2 Å². The van der Waals surface area contributed by atoms with Gasteiger partial charge in [-0.25, -0.2) is 4.79 Å². The lowest BCUT2D eigenvalue weighted by Crippen LogP contribution is -2.12. The first-order chi connectivity index (χ1) is 10.5. The summed E-state index contributed by atoms with van der Waals surface area (Å²) >= 11 is 0.864. The zero-order valence-electron chi connectivity index (χ0n) is 12.6. The molecule has 0 aliphatic rings. The Hall–Kier alpha value is -1.77. The van der Waals surface area contributed by atoms with Crippen LogP contribution in [0.2, 0.25) is 0 Å². The lowest BCUT2D eigenvalue weighted by Gasteiger charge is -2.06. The van der Waals surface area contributed by atoms with Crippen LogP contribution in [0.15, 0.2) is 0 Å². The maximum Gasteiger partial charge on any atom is 0.370 e. The molecule has 22 heavy (non-hydrogen) atoms. The molecule has 0 amide bonds. The summed E-state index contributed by atoms with van der Waals surface area (Å²) in [5.41, 5.74) is 0. The SMILES string of the molecule is CCC(=O)OCOC(=O)CCCSC(=O)OCOC(=O)CC. The van der Waals surface area contributed by atoms with Gasteiger partial charge in [0.25, 0.3) is 0 Å². The maximum absolute atomic E-state index is 11.2. The summed E-state index contributed by atoms with van der Waals surface area (Å²) in [5, 5.41) is -0.589. The van der Waals surface area contributed by atoms with Crippen molar-refractivity contribution in [1.29, 1.82) is 0 Å². The summed E-state index contributed by atoms with van der Waals surface area (Å²) < 4.78 is 18.4. The number of rotatable bonds is 10. The van der Waals surface area contributed by atoms with Gasteiger partial charge in [-0.1, -0.05) is 13.8 Å². The number of thioether (sulfide) groups is 1. The summed E-state index contributed by atoms with van der Waals surface area (Å²) in [7, 11) is 0. The fraction of sp³-hybridized carbons (Fsp3) is 0.692. The zero-order chi connectivity index (χ0) is 16.8. The molecule has 0 saturated carbocycles. The van der Waals surface area contributed by atoms with Gasteiger partial charge in [-0.3, -0.25) is 14.4 Å². The largest absolute Gasteiger partial charge is 0.428 e. The van der Waals surface area contributed by atoms with Crippen LogP contribution >= 0.6 is 11.8 Å². The Morgan fingerprint density at radius 2 is 1.27 bits per heavy atom.